The molecule has 1 saturated heterocycles. The molecule has 1 aromatic carbocycles. The zero-order valence-corrected chi connectivity index (χ0v) is 18.6. The summed E-state index contributed by atoms with van der Waals surface area (Å²) in [5, 5.41) is 8.33. The second kappa shape index (κ2) is 8.51. The number of anilines is 3. The largest absolute Gasteiger partial charge is 0.424 e. The first-order valence-corrected chi connectivity index (χ1v) is 10.9. The van der Waals surface area contributed by atoms with Crippen LogP contribution in [-0.4, -0.2) is 58.2 Å². The number of likely N-dealkylation sites (N-methyl/N-ethyl adjacent to an activating group) is 1. The highest BCUT2D eigenvalue weighted by Crippen LogP contribution is 2.28. The molecule has 0 amide bonds. The standard InChI is InChI=1S/C23H27N7O2/c1-4-17-13-22(32-28-17)25-20-14-21(30-9-7-29(3)8-10-30)27-23(26-20)31-18-5-6-19-16(12-18)11-15(2)24-19/h5-6,11-14,24H,4,7-10H2,1-3H3,(H,25,26,27). The molecule has 1 aliphatic heterocycles. The molecule has 1 aliphatic rings. The fraction of sp³-hybridized carbons (Fsp3) is 0.348. The second-order valence-corrected chi connectivity index (χ2v) is 8.15. The first-order valence-electron chi connectivity index (χ1n) is 10.9. The number of nitrogens with zero attached hydrogens (tertiary/aromatic N) is 5. The molecule has 32 heavy (non-hydrogen) atoms. The molecule has 0 bridgehead atoms. The third-order valence-corrected chi connectivity index (χ3v) is 5.63. The summed E-state index contributed by atoms with van der Waals surface area (Å²) in [6.45, 7) is 7.82. The van der Waals surface area contributed by atoms with Gasteiger partial charge in [-0.2, -0.15) is 9.97 Å². The van der Waals surface area contributed by atoms with Gasteiger partial charge in [-0.05, 0) is 44.7 Å². The van der Waals surface area contributed by atoms with Gasteiger partial charge in [-0.3, -0.25) is 0 Å². The average Bonchev–Trinajstić information content (AvgIpc) is 3.39. The van der Waals surface area contributed by atoms with Gasteiger partial charge in [0.05, 0.1) is 5.69 Å². The number of benzene rings is 1. The Balaban J connectivity index is 1.45. The summed E-state index contributed by atoms with van der Waals surface area (Å²) in [6.07, 6.45) is 0.803. The maximum Gasteiger partial charge on any atom is 0.325 e. The summed E-state index contributed by atoms with van der Waals surface area (Å²) in [6, 6.07) is 12.1. The fourth-order valence-electron chi connectivity index (χ4n) is 3.81. The molecule has 9 nitrogen and oxygen atoms in total. The zero-order chi connectivity index (χ0) is 22.1. The molecule has 9 heteroatoms. The number of aromatic amines is 1. The molecule has 0 atom stereocenters. The van der Waals surface area contributed by atoms with E-state index in [1.165, 1.54) is 0 Å². The number of aryl methyl sites for hydroxylation is 2. The highest BCUT2D eigenvalue weighted by molar-refractivity contribution is 5.81. The molecule has 2 N–H and O–H groups in total. The van der Waals surface area contributed by atoms with Crippen LogP contribution in [0, 0.1) is 6.92 Å². The van der Waals surface area contributed by atoms with Gasteiger partial charge in [-0.15, -0.1) is 0 Å². The van der Waals surface area contributed by atoms with Gasteiger partial charge in [0.1, 0.15) is 17.4 Å². The molecule has 166 valence electrons. The van der Waals surface area contributed by atoms with Crippen LogP contribution in [0.2, 0.25) is 0 Å². The predicted octanol–water partition coefficient (Wildman–Crippen LogP) is 4.10. The quantitative estimate of drug-likeness (QED) is 0.469. The van der Waals surface area contributed by atoms with Gasteiger partial charge in [-0.25, -0.2) is 0 Å². The van der Waals surface area contributed by atoms with E-state index in [0.717, 1.165) is 60.7 Å². The van der Waals surface area contributed by atoms with Crippen molar-refractivity contribution in [2.45, 2.75) is 20.3 Å². The minimum atomic E-state index is 0.283. The number of hydrogen-bond donors (Lipinski definition) is 2. The van der Waals surface area contributed by atoms with E-state index in [4.69, 9.17) is 14.2 Å². The van der Waals surface area contributed by atoms with Crippen molar-refractivity contribution in [1.29, 1.82) is 0 Å². The van der Waals surface area contributed by atoms with E-state index in [9.17, 15) is 0 Å². The minimum Gasteiger partial charge on any atom is -0.424 e. The van der Waals surface area contributed by atoms with Crippen molar-refractivity contribution in [1.82, 2.24) is 25.0 Å². The Morgan fingerprint density at radius 3 is 2.72 bits per heavy atom. The Kier molecular flexibility index (Phi) is 5.40. The molecular formula is C23H27N7O2. The van der Waals surface area contributed by atoms with Gasteiger partial charge in [-0.1, -0.05) is 12.1 Å². The van der Waals surface area contributed by atoms with Crippen LogP contribution in [0.4, 0.5) is 17.5 Å². The van der Waals surface area contributed by atoms with Crippen LogP contribution in [-0.2, 0) is 6.42 Å². The fourth-order valence-corrected chi connectivity index (χ4v) is 3.81. The SMILES string of the molecule is CCc1cc(Nc2cc(N3CCN(C)CC3)nc(Oc3ccc4[nH]c(C)cc4c3)n2)on1. The summed E-state index contributed by atoms with van der Waals surface area (Å²) in [5.41, 5.74) is 3.06. The van der Waals surface area contributed by atoms with Crippen LogP contribution in [0.25, 0.3) is 10.9 Å². The molecule has 3 aromatic heterocycles. The molecule has 0 unspecified atom stereocenters. The van der Waals surface area contributed by atoms with Gasteiger partial charge in [0.2, 0.25) is 5.88 Å². The average molecular weight is 434 g/mol. The highest BCUT2D eigenvalue weighted by atomic mass is 16.5. The van der Waals surface area contributed by atoms with Crippen molar-refractivity contribution >= 4 is 28.4 Å². The Morgan fingerprint density at radius 2 is 1.94 bits per heavy atom. The molecule has 0 aliphatic carbocycles. The van der Waals surface area contributed by atoms with E-state index in [1.54, 1.807) is 0 Å². The molecule has 0 spiro atoms. The number of aromatic nitrogens is 4. The summed E-state index contributed by atoms with van der Waals surface area (Å²) in [5.74, 6) is 2.65. The van der Waals surface area contributed by atoms with Gasteiger partial charge in [0, 0.05) is 54.9 Å². The Bertz CT molecular complexity index is 1220. The molecule has 0 saturated carbocycles. The van der Waals surface area contributed by atoms with Crippen molar-refractivity contribution in [3.63, 3.8) is 0 Å². The van der Waals surface area contributed by atoms with Gasteiger partial charge < -0.3 is 29.4 Å². The lowest BCUT2D eigenvalue weighted by Crippen LogP contribution is -2.44. The van der Waals surface area contributed by atoms with Crippen LogP contribution in [0.3, 0.4) is 0 Å². The lowest BCUT2D eigenvalue weighted by Gasteiger charge is -2.33. The van der Waals surface area contributed by atoms with Crippen molar-refractivity contribution in [3.8, 4) is 11.8 Å². The molecule has 4 heterocycles. The van der Waals surface area contributed by atoms with Crippen molar-refractivity contribution in [2.24, 2.45) is 0 Å². The molecule has 4 aromatic rings. The summed E-state index contributed by atoms with van der Waals surface area (Å²) >= 11 is 0. The van der Waals surface area contributed by atoms with Gasteiger partial charge in [0.15, 0.2) is 0 Å². The van der Waals surface area contributed by atoms with Crippen molar-refractivity contribution < 1.29 is 9.26 Å². The predicted molar refractivity (Wildman–Crippen MR) is 124 cm³/mol. The minimum absolute atomic E-state index is 0.283. The molecule has 1 fully saturated rings. The summed E-state index contributed by atoms with van der Waals surface area (Å²) in [7, 11) is 2.13. The smallest absolute Gasteiger partial charge is 0.325 e. The van der Waals surface area contributed by atoms with Crippen molar-refractivity contribution in [3.05, 3.63) is 47.8 Å². The van der Waals surface area contributed by atoms with Crippen molar-refractivity contribution in [2.75, 3.05) is 43.4 Å². The van der Waals surface area contributed by atoms with Crippen LogP contribution < -0.4 is 15.0 Å². The number of hydrogen-bond acceptors (Lipinski definition) is 8. The Morgan fingerprint density at radius 1 is 1.09 bits per heavy atom. The number of piperazine rings is 1. The normalized spacial score (nSPS) is 14.8. The maximum atomic E-state index is 6.09. The molecular weight excluding hydrogens is 406 g/mol. The lowest BCUT2D eigenvalue weighted by molar-refractivity contribution is 0.311. The van der Waals surface area contributed by atoms with Crippen LogP contribution in [0.15, 0.2) is 40.9 Å². The zero-order valence-electron chi connectivity index (χ0n) is 18.6. The van der Waals surface area contributed by atoms with E-state index in [2.05, 4.69) is 43.4 Å². The van der Waals surface area contributed by atoms with Crippen LogP contribution in [0.5, 0.6) is 11.8 Å². The third kappa shape index (κ3) is 4.38. The molecule has 0 radical (unpaired) electrons. The van der Waals surface area contributed by atoms with Gasteiger partial charge >= 0.3 is 6.01 Å². The second-order valence-electron chi connectivity index (χ2n) is 8.15. The maximum absolute atomic E-state index is 6.09. The van der Waals surface area contributed by atoms with E-state index in [-0.39, 0.29) is 6.01 Å². The third-order valence-electron chi connectivity index (χ3n) is 5.63. The van der Waals surface area contributed by atoms with E-state index < -0.39 is 0 Å². The Labute approximate surface area is 186 Å². The van der Waals surface area contributed by atoms with E-state index in [0.29, 0.717) is 17.5 Å². The van der Waals surface area contributed by atoms with Crippen LogP contribution >= 0.6 is 0 Å². The number of nitrogens with one attached hydrogen (secondary N) is 2. The molecule has 5 rings (SSSR count). The Hall–Kier alpha value is -3.59. The summed E-state index contributed by atoms with van der Waals surface area (Å²) in [4.78, 5) is 17.2. The number of fused-ring (bicyclic) bond motifs is 1. The van der Waals surface area contributed by atoms with E-state index >= 15 is 0 Å². The first-order chi connectivity index (χ1) is 15.6. The van der Waals surface area contributed by atoms with Gasteiger partial charge in [0.25, 0.3) is 0 Å². The topological polar surface area (TPSA) is 95.3 Å². The number of ether oxygens (including phenoxy) is 1. The number of rotatable bonds is 6. The number of H-pyrrole nitrogens is 1. The van der Waals surface area contributed by atoms with Crippen LogP contribution in [0.1, 0.15) is 18.3 Å². The monoisotopic (exact) mass is 433 g/mol. The lowest BCUT2D eigenvalue weighted by atomic mass is 10.2. The first kappa shape index (κ1) is 20.3. The highest BCUT2D eigenvalue weighted by Gasteiger charge is 2.18. The summed E-state index contributed by atoms with van der Waals surface area (Å²) < 4.78 is 11.5. The van der Waals surface area contributed by atoms with E-state index in [1.807, 2.05) is 44.2 Å².